The second kappa shape index (κ2) is 7.12. The molecule has 0 unspecified atom stereocenters. The van der Waals surface area contributed by atoms with E-state index in [1.807, 2.05) is 0 Å². The topological polar surface area (TPSA) is 94.2 Å². The van der Waals surface area contributed by atoms with Crippen LogP contribution < -0.4 is 19.5 Å². The number of nitrogens with zero attached hydrogens (tertiary/aromatic N) is 1. The Morgan fingerprint density at radius 1 is 1.14 bits per heavy atom. The molecule has 2 aliphatic rings. The number of amides is 3. The lowest BCUT2D eigenvalue weighted by Gasteiger charge is -2.33. The second-order valence-electron chi connectivity index (χ2n) is 6.81. The van der Waals surface area contributed by atoms with Crippen LogP contribution in [0.3, 0.4) is 0 Å². The molecular formula is C21H20N2O6. The molecule has 3 amide bonds. The summed E-state index contributed by atoms with van der Waals surface area (Å²) in [6, 6.07) is 11.2. The number of ether oxygens (including phenoxy) is 3. The minimum atomic E-state index is -1.20. The number of methoxy groups -OCH3 is 2. The van der Waals surface area contributed by atoms with Crippen LogP contribution >= 0.6 is 0 Å². The van der Waals surface area contributed by atoms with E-state index in [0.717, 1.165) is 4.90 Å². The summed E-state index contributed by atoms with van der Waals surface area (Å²) < 4.78 is 16.0. The van der Waals surface area contributed by atoms with Gasteiger partial charge in [-0.3, -0.25) is 14.5 Å². The predicted molar refractivity (Wildman–Crippen MR) is 102 cm³/mol. The van der Waals surface area contributed by atoms with Crippen LogP contribution in [0.1, 0.15) is 22.3 Å². The number of nitrogens with one attached hydrogen (secondary N) is 1. The van der Waals surface area contributed by atoms with E-state index < -0.39 is 17.5 Å². The summed E-state index contributed by atoms with van der Waals surface area (Å²) in [6.07, 6.45) is 0.301. The van der Waals surface area contributed by atoms with Crippen molar-refractivity contribution in [3.8, 4) is 17.2 Å². The number of Topliss-reactive ketones (excluding diaryl/α,β-unsaturated/α-hetero) is 1. The number of imide groups is 1. The Bertz CT molecular complexity index is 1000. The van der Waals surface area contributed by atoms with Crippen LogP contribution in [0.4, 0.5) is 4.79 Å². The molecule has 0 radical (unpaired) electrons. The fraction of sp³-hybridized carbons (Fsp3) is 0.286. The molecule has 150 valence electrons. The molecule has 2 aromatic carbocycles. The van der Waals surface area contributed by atoms with Gasteiger partial charge in [0.15, 0.2) is 22.8 Å². The van der Waals surface area contributed by atoms with Crippen molar-refractivity contribution in [1.29, 1.82) is 0 Å². The van der Waals surface area contributed by atoms with E-state index in [9.17, 15) is 14.4 Å². The third kappa shape index (κ3) is 2.97. The standard InChI is InChI=1S/C21H20N2O6/c1-27-17-8-7-13(11-18(17)28-2)15(24)12-23-19(25)21(22-20(23)26)9-10-29-16-6-4-3-5-14(16)21/h3-8,11H,9-10,12H2,1-2H3,(H,22,26)/t21-/m1/s1. The maximum atomic E-state index is 13.2. The van der Waals surface area contributed by atoms with Crippen LogP contribution in [0.2, 0.25) is 0 Å². The molecule has 1 fully saturated rings. The number of hydrogen-bond acceptors (Lipinski definition) is 6. The Labute approximate surface area is 167 Å². The maximum Gasteiger partial charge on any atom is 0.325 e. The summed E-state index contributed by atoms with van der Waals surface area (Å²) in [6.45, 7) is -0.0780. The molecule has 2 aliphatic heterocycles. The van der Waals surface area contributed by atoms with E-state index >= 15 is 0 Å². The van der Waals surface area contributed by atoms with E-state index in [0.29, 0.717) is 41.4 Å². The summed E-state index contributed by atoms with van der Waals surface area (Å²) in [5, 5.41) is 2.78. The second-order valence-corrected chi connectivity index (χ2v) is 6.81. The molecule has 4 rings (SSSR count). The minimum absolute atomic E-state index is 0.292. The molecule has 2 aromatic rings. The van der Waals surface area contributed by atoms with Gasteiger partial charge in [-0.1, -0.05) is 18.2 Å². The highest BCUT2D eigenvalue weighted by molar-refractivity contribution is 6.11. The smallest absolute Gasteiger partial charge is 0.325 e. The van der Waals surface area contributed by atoms with Crippen LogP contribution in [-0.4, -0.2) is 50.0 Å². The van der Waals surface area contributed by atoms with E-state index in [1.165, 1.54) is 20.3 Å². The van der Waals surface area contributed by atoms with Gasteiger partial charge in [0.05, 0.1) is 27.4 Å². The molecule has 1 spiro atoms. The number of ketones is 1. The van der Waals surface area contributed by atoms with Gasteiger partial charge in [0.2, 0.25) is 0 Å². The summed E-state index contributed by atoms with van der Waals surface area (Å²) in [5.74, 6) is 0.599. The van der Waals surface area contributed by atoms with E-state index in [-0.39, 0.29) is 12.3 Å². The molecule has 1 N–H and O–H groups in total. The number of carbonyl (C=O) groups is 3. The number of carbonyl (C=O) groups excluding carboxylic acids is 3. The van der Waals surface area contributed by atoms with Gasteiger partial charge < -0.3 is 19.5 Å². The lowest BCUT2D eigenvalue weighted by atomic mass is 9.84. The third-order valence-electron chi connectivity index (χ3n) is 5.26. The fourth-order valence-corrected chi connectivity index (χ4v) is 3.76. The molecule has 1 atom stereocenters. The van der Waals surface area contributed by atoms with Gasteiger partial charge >= 0.3 is 6.03 Å². The molecule has 0 saturated carbocycles. The molecule has 2 heterocycles. The molecule has 8 nitrogen and oxygen atoms in total. The first-order valence-electron chi connectivity index (χ1n) is 9.12. The van der Waals surface area contributed by atoms with Gasteiger partial charge in [-0.05, 0) is 24.3 Å². The first-order valence-corrected chi connectivity index (χ1v) is 9.12. The molecule has 0 aliphatic carbocycles. The molecule has 0 bridgehead atoms. The van der Waals surface area contributed by atoms with Gasteiger partial charge in [-0.15, -0.1) is 0 Å². The Balaban J connectivity index is 1.61. The van der Waals surface area contributed by atoms with Crippen molar-refractivity contribution in [2.45, 2.75) is 12.0 Å². The van der Waals surface area contributed by atoms with Crippen molar-refractivity contribution in [2.24, 2.45) is 0 Å². The molecule has 29 heavy (non-hydrogen) atoms. The highest BCUT2D eigenvalue weighted by Crippen LogP contribution is 2.41. The zero-order valence-corrected chi connectivity index (χ0v) is 16.1. The number of benzene rings is 2. The highest BCUT2D eigenvalue weighted by Gasteiger charge is 2.55. The summed E-state index contributed by atoms with van der Waals surface area (Å²) >= 11 is 0. The van der Waals surface area contributed by atoms with Crippen molar-refractivity contribution in [2.75, 3.05) is 27.4 Å². The quantitative estimate of drug-likeness (QED) is 0.615. The van der Waals surface area contributed by atoms with Crippen LogP contribution in [0, 0.1) is 0 Å². The number of para-hydroxylation sites is 1. The largest absolute Gasteiger partial charge is 0.493 e. The summed E-state index contributed by atoms with van der Waals surface area (Å²) in [5.41, 5.74) is -0.286. The lowest BCUT2D eigenvalue weighted by molar-refractivity contribution is -0.132. The predicted octanol–water partition coefficient (Wildman–Crippen LogP) is 2.12. The van der Waals surface area contributed by atoms with E-state index in [2.05, 4.69) is 5.32 Å². The van der Waals surface area contributed by atoms with Gasteiger partial charge in [-0.25, -0.2) is 4.79 Å². The van der Waals surface area contributed by atoms with E-state index in [1.54, 1.807) is 36.4 Å². The van der Waals surface area contributed by atoms with Crippen LogP contribution in [0.25, 0.3) is 0 Å². The van der Waals surface area contributed by atoms with Crippen LogP contribution in [0.15, 0.2) is 42.5 Å². The first-order chi connectivity index (χ1) is 14.0. The zero-order chi connectivity index (χ0) is 20.6. The molecule has 1 saturated heterocycles. The van der Waals surface area contributed by atoms with Crippen molar-refractivity contribution < 1.29 is 28.6 Å². The number of urea groups is 1. The zero-order valence-electron chi connectivity index (χ0n) is 16.1. The molecular weight excluding hydrogens is 376 g/mol. The number of rotatable bonds is 5. The monoisotopic (exact) mass is 396 g/mol. The van der Waals surface area contributed by atoms with Crippen molar-refractivity contribution in [1.82, 2.24) is 10.2 Å². The average Bonchev–Trinajstić information content (AvgIpc) is 2.98. The first kappa shape index (κ1) is 18.8. The highest BCUT2D eigenvalue weighted by atomic mass is 16.5. The van der Waals surface area contributed by atoms with E-state index in [4.69, 9.17) is 14.2 Å². The summed E-state index contributed by atoms with van der Waals surface area (Å²) in [4.78, 5) is 39.6. The van der Waals surface area contributed by atoms with Crippen molar-refractivity contribution in [3.63, 3.8) is 0 Å². The fourth-order valence-electron chi connectivity index (χ4n) is 3.76. The Morgan fingerprint density at radius 2 is 1.90 bits per heavy atom. The van der Waals surface area contributed by atoms with Gasteiger partial charge in [0, 0.05) is 17.5 Å². The normalized spacial score (nSPS) is 20.1. The van der Waals surface area contributed by atoms with Gasteiger partial charge in [0.25, 0.3) is 5.91 Å². The third-order valence-corrected chi connectivity index (χ3v) is 5.26. The summed E-state index contributed by atoms with van der Waals surface area (Å²) in [7, 11) is 2.97. The van der Waals surface area contributed by atoms with Crippen LogP contribution in [-0.2, 0) is 10.3 Å². The van der Waals surface area contributed by atoms with Crippen molar-refractivity contribution in [3.05, 3.63) is 53.6 Å². The molecule has 8 heteroatoms. The molecule has 0 aromatic heterocycles. The number of hydrogen-bond donors (Lipinski definition) is 1. The maximum absolute atomic E-state index is 13.2. The Morgan fingerprint density at radius 3 is 2.66 bits per heavy atom. The Kier molecular flexibility index (Phi) is 4.62. The lowest BCUT2D eigenvalue weighted by Crippen LogP contribution is -2.47. The van der Waals surface area contributed by atoms with Crippen molar-refractivity contribution >= 4 is 17.7 Å². The SMILES string of the molecule is COc1ccc(C(=O)CN2C(=O)N[C@@]3(CCOc4ccccc43)C2=O)cc1OC. The van der Waals surface area contributed by atoms with Crippen LogP contribution in [0.5, 0.6) is 17.2 Å². The average molecular weight is 396 g/mol. The minimum Gasteiger partial charge on any atom is -0.493 e. The van der Waals surface area contributed by atoms with Gasteiger partial charge in [0.1, 0.15) is 5.75 Å². The Hall–Kier alpha value is -3.55. The van der Waals surface area contributed by atoms with Gasteiger partial charge in [-0.2, -0.15) is 0 Å². The number of fused-ring (bicyclic) bond motifs is 2.